The Labute approximate surface area is 183 Å². The van der Waals surface area contributed by atoms with E-state index in [1.807, 2.05) is 39.0 Å². The third-order valence-electron chi connectivity index (χ3n) is 6.46. The minimum atomic E-state index is -3.96. The molecule has 1 saturated heterocycles. The Morgan fingerprint density at radius 1 is 0.903 bits per heavy atom. The van der Waals surface area contributed by atoms with Crippen LogP contribution in [0.15, 0.2) is 35.2 Å². The largest absolute Gasteiger partial charge is 0.274 e. The van der Waals surface area contributed by atoms with Gasteiger partial charge in [0, 0.05) is 6.04 Å². The molecule has 1 atom stereocenters. The average molecular weight is 441 g/mol. The van der Waals surface area contributed by atoms with Gasteiger partial charge in [0.05, 0.1) is 17.0 Å². The van der Waals surface area contributed by atoms with Gasteiger partial charge in [-0.3, -0.25) is 9.59 Å². The molecule has 2 amide bonds. The number of rotatable bonds is 5. The summed E-state index contributed by atoms with van der Waals surface area (Å²) in [6.07, 6.45) is 1.26. The number of carbonyl (C=O) groups is 2. The Morgan fingerprint density at radius 3 is 1.97 bits per heavy atom. The van der Waals surface area contributed by atoms with Crippen LogP contribution in [-0.4, -0.2) is 36.6 Å². The Kier molecular flexibility index (Phi) is 5.30. The van der Waals surface area contributed by atoms with Gasteiger partial charge in [0.1, 0.15) is 6.04 Å². The van der Waals surface area contributed by atoms with Gasteiger partial charge in [-0.05, 0) is 81.8 Å². The number of sulfonamides is 1. The van der Waals surface area contributed by atoms with E-state index < -0.39 is 22.0 Å². The Morgan fingerprint density at radius 2 is 1.45 bits per heavy atom. The summed E-state index contributed by atoms with van der Waals surface area (Å²) in [5.74, 6) is -0.836. The van der Waals surface area contributed by atoms with Gasteiger partial charge in [0.2, 0.25) is 15.9 Å². The van der Waals surface area contributed by atoms with Crippen molar-refractivity contribution in [1.82, 2.24) is 4.31 Å². The van der Waals surface area contributed by atoms with Crippen LogP contribution in [0.2, 0.25) is 0 Å². The molecule has 0 aromatic heterocycles. The van der Waals surface area contributed by atoms with Crippen LogP contribution in [0.3, 0.4) is 0 Å². The van der Waals surface area contributed by atoms with E-state index in [9.17, 15) is 18.0 Å². The summed E-state index contributed by atoms with van der Waals surface area (Å²) < 4.78 is 29.2. The molecule has 6 nitrogen and oxygen atoms in total. The van der Waals surface area contributed by atoms with E-state index in [0.717, 1.165) is 21.6 Å². The van der Waals surface area contributed by atoms with Crippen LogP contribution in [0, 0.1) is 34.6 Å². The van der Waals surface area contributed by atoms with Gasteiger partial charge in [-0.1, -0.05) is 23.8 Å². The number of amides is 2. The molecule has 1 heterocycles. The summed E-state index contributed by atoms with van der Waals surface area (Å²) in [7, 11) is -3.96. The molecule has 0 radical (unpaired) electrons. The number of hydrogen-bond donors (Lipinski definition) is 0. The van der Waals surface area contributed by atoms with Crippen molar-refractivity contribution >= 4 is 27.5 Å². The Balaban J connectivity index is 1.78. The molecule has 0 spiro atoms. The molecule has 1 aliphatic heterocycles. The molecular weight excluding hydrogens is 412 g/mol. The molecule has 1 saturated carbocycles. The molecule has 2 aliphatic rings. The molecule has 4 rings (SSSR count). The maximum Gasteiger partial charge on any atom is 0.252 e. The van der Waals surface area contributed by atoms with Crippen molar-refractivity contribution < 1.29 is 18.0 Å². The molecule has 2 fully saturated rings. The summed E-state index contributed by atoms with van der Waals surface area (Å²) in [6.45, 7) is 9.33. The van der Waals surface area contributed by atoms with Gasteiger partial charge in [-0.15, -0.1) is 0 Å². The molecule has 1 unspecified atom stereocenters. The second-order valence-corrected chi connectivity index (χ2v) is 10.6. The van der Waals surface area contributed by atoms with Crippen LogP contribution >= 0.6 is 0 Å². The first-order valence-corrected chi connectivity index (χ1v) is 12.0. The number of carbonyl (C=O) groups excluding carboxylic acids is 2. The summed E-state index contributed by atoms with van der Waals surface area (Å²) in [6, 6.07) is 7.84. The summed E-state index contributed by atoms with van der Waals surface area (Å²) >= 11 is 0. The lowest BCUT2D eigenvalue weighted by molar-refractivity contribution is -0.122. The first-order chi connectivity index (χ1) is 14.5. The second kappa shape index (κ2) is 7.57. The highest BCUT2D eigenvalue weighted by Gasteiger charge is 2.52. The van der Waals surface area contributed by atoms with E-state index in [0.29, 0.717) is 29.7 Å². The van der Waals surface area contributed by atoms with Crippen molar-refractivity contribution in [3.05, 3.63) is 58.1 Å². The van der Waals surface area contributed by atoms with Crippen molar-refractivity contribution in [2.45, 2.75) is 70.9 Å². The zero-order valence-electron chi connectivity index (χ0n) is 18.6. The first-order valence-electron chi connectivity index (χ1n) is 10.6. The molecule has 1 aliphatic carbocycles. The highest BCUT2D eigenvalue weighted by Crippen LogP contribution is 2.40. The third-order valence-corrected chi connectivity index (χ3v) is 8.70. The van der Waals surface area contributed by atoms with Crippen molar-refractivity contribution in [2.75, 3.05) is 4.90 Å². The highest BCUT2D eigenvalue weighted by molar-refractivity contribution is 7.89. The average Bonchev–Trinajstić information content (AvgIpc) is 3.47. The second-order valence-electron chi connectivity index (χ2n) is 8.78. The zero-order chi connectivity index (χ0) is 22.7. The molecule has 164 valence electrons. The van der Waals surface area contributed by atoms with E-state index in [4.69, 9.17) is 0 Å². The standard InChI is InChI=1S/C24H28N2O4S/c1-14-6-8-19(9-7-14)25-22(27)13-21(24(25)28)26(20-10-11-20)31(29,30)23-17(4)15(2)12-16(3)18(23)5/h6-9,12,20-21H,10-11,13H2,1-5H3. The minimum absolute atomic E-state index is 0.134. The van der Waals surface area contributed by atoms with Gasteiger partial charge in [0.25, 0.3) is 5.91 Å². The monoisotopic (exact) mass is 440 g/mol. The molecule has 2 aromatic carbocycles. The smallest absolute Gasteiger partial charge is 0.252 e. The van der Waals surface area contributed by atoms with Crippen LogP contribution in [0.4, 0.5) is 5.69 Å². The lowest BCUT2D eigenvalue weighted by Crippen LogP contribution is -2.47. The van der Waals surface area contributed by atoms with Crippen LogP contribution < -0.4 is 4.90 Å². The van der Waals surface area contributed by atoms with Crippen LogP contribution in [-0.2, 0) is 19.6 Å². The molecular formula is C24H28N2O4S. The fourth-order valence-corrected chi connectivity index (χ4v) is 6.81. The van der Waals surface area contributed by atoms with E-state index in [2.05, 4.69) is 0 Å². The van der Waals surface area contributed by atoms with Gasteiger partial charge in [-0.25, -0.2) is 13.3 Å². The molecule has 0 N–H and O–H groups in total. The van der Waals surface area contributed by atoms with Crippen LogP contribution in [0.1, 0.15) is 47.1 Å². The SMILES string of the molecule is Cc1ccc(N2C(=O)CC(N(C3CC3)S(=O)(=O)c3c(C)c(C)cc(C)c3C)C2=O)cc1. The maximum absolute atomic E-state index is 13.9. The minimum Gasteiger partial charge on any atom is -0.274 e. The summed E-state index contributed by atoms with van der Waals surface area (Å²) in [5, 5.41) is 0. The van der Waals surface area contributed by atoms with E-state index in [1.165, 1.54) is 4.31 Å². The van der Waals surface area contributed by atoms with Crippen LogP contribution in [0.25, 0.3) is 0 Å². The number of nitrogens with zero attached hydrogens (tertiary/aromatic N) is 2. The van der Waals surface area contributed by atoms with Gasteiger partial charge >= 0.3 is 0 Å². The summed E-state index contributed by atoms with van der Waals surface area (Å²) in [4.78, 5) is 27.6. The Bertz CT molecular complexity index is 1150. The fourth-order valence-electron chi connectivity index (χ4n) is 4.40. The van der Waals surface area contributed by atoms with Gasteiger partial charge in [0.15, 0.2) is 0 Å². The summed E-state index contributed by atoms with van der Waals surface area (Å²) in [5.41, 5.74) is 4.68. The first kappa shape index (κ1) is 21.7. The maximum atomic E-state index is 13.9. The molecule has 2 aromatic rings. The van der Waals surface area contributed by atoms with Crippen molar-refractivity contribution in [1.29, 1.82) is 0 Å². The number of anilines is 1. The molecule has 0 bridgehead atoms. The fraction of sp³-hybridized carbons (Fsp3) is 0.417. The van der Waals surface area contributed by atoms with E-state index >= 15 is 0 Å². The normalized spacial score (nSPS) is 19.5. The van der Waals surface area contributed by atoms with Crippen molar-refractivity contribution in [2.24, 2.45) is 0 Å². The predicted octanol–water partition coefficient (Wildman–Crippen LogP) is 3.71. The van der Waals surface area contributed by atoms with Gasteiger partial charge in [-0.2, -0.15) is 4.31 Å². The Hall–Kier alpha value is -2.51. The predicted molar refractivity (Wildman–Crippen MR) is 120 cm³/mol. The topological polar surface area (TPSA) is 74.8 Å². The van der Waals surface area contributed by atoms with E-state index in [-0.39, 0.29) is 23.3 Å². The van der Waals surface area contributed by atoms with E-state index in [1.54, 1.807) is 26.0 Å². The molecule has 7 heteroatoms. The number of imide groups is 1. The lowest BCUT2D eigenvalue weighted by atomic mass is 10.0. The van der Waals surface area contributed by atoms with Crippen molar-refractivity contribution in [3.63, 3.8) is 0 Å². The third kappa shape index (κ3) is 3.59. The molecule has 31 heavy (non-hydrogen) atoms. The number of aryl methyl sites for hydroxylation is 3. The van der Waals surface area contributed by atoms with Crippen molar-refractivity contribution in [3.8, 4) is 0 Å². The number of benzene rings is 2. The zero-order valence-corrected chi connectivity index (χ0v) is 19.4. The highest BCUT2D eigenvalue weighted by atomic mass is 32.2. The lowest BCUT2D eigenvalue weighted by Gasteiger charge is -2.29. The quantitative estimate of drug-likeness (QED) is 0.664. The number of hydrogen-bond acceptors (Lipinski definition) is 4. The van der Waals surface area contributed by atoms with Gasteiger partial charge < -0.3 is 0 Å². The van der Waals surface area contributed by atoms with Crippen LogP contribution in [0.5, 0.6) is 0 Å².